The summed E-state index contributed by atoms with van der Waals surface area (Å²) in [5, 5.41) is 9.87. The van der Waals surface area contributed by atoms with Crippen molar-refractivity contribution in [2.24, 2.45) is 0 Å². The highest BCUT2D eigenvalue weighted by Gasteiger charge is 2.21. The largest absolute Gasteiger partial charge is 0.455 e. The summed E-state index contributed by atoms with van der Waals surface area (Å²) in [6.07, 6.45) is 0. The van der Waals surface area contributed by atoms with Crippen molar-refractivity contribution in [2.45, 2.75) is 0 Å². The lowest BCUT2D eigenvalue weighted by Crippen LogP contribution is -1.94. The summed E-state index contributed by atoms with van der Waals surface area (Å²) in [6, 6.07) is 50.0. The van der Waals surface area contributed by atoms with Crippen LogP contribution in [0.3, 0.4) is 0 Å². The first kappa shape index (κ1) is 21.6. The van der Waals surface area contributed by atoms with Crippen LogP contribution in [0, 0.1) is 0 Å². The van der Waals surface area contributed by atoms with Gasteiger partial charge in [-0.25, -0.2) is 0 Å². The number of hydrogen-bond donors (Lipinski definition) is 0. The lowest BCUT2D eigenvalue weighted by atomic mass is 9.93. The molecule has 186 valence electrons. The van der Waals surface area contributed by atoms with E-state index in [9.17, 15) is 0 Å². The monoisotopic (exact) mass is 509 g/mol. The zero-order valence-electron chi connectivity index (χ0n) is 21.6. The van der Waals surface area contributed by atoms with Crippen molar-refractivity contribution in [2.75, 3.05) is 0 Å². The molecule has 0 unspecified atom stereocenters. The Labute approximate surface area is 230 Å². The van der Waals surface area contributed by atoms with E-state index in [-0.39, 0.29) is 0 Å². The zero-order valence-corrected chi connectivity index (χ0v) is 21.6. The summed E-state index contributed by atoms with van der Waals surface area (Å²) in [6.45, 7) is 0. The second kappa shape index (κ2) is 8.08. The van der Waals surface area contributed by atoms with Gasteiger partial charge in [0, 0.05) is 32.8 Å². The Bertz CT molecular complexity index is 2420. The lowest BCUT2D eigenvalue weighted by Gasteiger charge is -2.12. The van der Waals surface area contributed by atoms with Gasteiger partial charge in [0.1, 0.15) is 11.2 Å². The maximum absolute atomic E-state index is 6.52. The minimum Gasteiger partial charge on any atom is -0.455 e. The van der Waals surface area contributed by atoms with Gasteiger partial charge in [0.05, 0.1) is 11.0 Å². The molecule has 0 radical (unpaired) electrons. The molecule has 7 aromatic carbocycles. The molecule has 2 nitrogen and oxygen atoms in total. The molecule has 0 aliphatic heterocycles. The Balaban J connectivity index is 1.52. The molecule has 9 aromatic rings. The smallest absolute Gasteiger partial charge is 0.143 e. The first-order valence-electron chi connectivity index (χ1n) is 13.7. The van der Waals surface area contributed by atoms with Gasteiger partial charge in [0.2, 0.25) is 0 Å². The maximum atomic E-state index is 6.52. The molecule has 9 rings (SSSR count). The molecule has 0 atom stereocenters. The summed E-state index contributed by atoms with van der Waals surface area (Å²) in [5.74, 6) is 0. The third kappa shape index (κ3) is 2.88. The van der Waals surface area contributed by atoms with E-state index in [0.29, 0.717) is 0 Å². The molecule has 0 saturated heterocycles. The first-order chi connectivity index (χ1) is 19.9. The highest BCUT2D eigenvalue weighted by atomic mass is 16.3. The summed E-state index contributed by atoms with van der Waals surface area (Å²) in [5.41, 5.74) is 7.70. The van der Waals surface area contributed by atoms with Crippen LogP contribution in [0.25, 0.3) is 82.1 Å². The van der Waals surface area contributed by atoms with Gasteiger partial charge in [-0.05, 0) is 57.4 Å². The number of benzene rings is 7. The molecule has 0 bridgehead atoms. The van der Waals surface area contributed by atoms with Crippen molar-refractivity contribution in [1.82, 2.24) is 4.57 Å². The predicted molar refractivity (Wildman–Crippen MR) is 169 cm³/mol. The van der Waals surface area contributed by atoms with Crippen molar-refractivity contribution in [1.29, 1.82) is 0 Å². The Kier molecular flexibility index (Phi) is 4.36. The van der Waals surface area contributed by atoms with Crippen LogP contribution in [-0.4, -0.2) is 4.57 Å². The molecule has 0 N–H and O–H groups in total. The second-order valence-corrected chi connectivity index (χ2v) is 10.5. The number of hydrogen-bond acceptors (Lipinski definition) is 1. The van der Waals surface area contributed by atoms with Gasteiger partial charge in [-0.3, -0.25) is 0 Å². The number of furan rings is 1. The third-order valence-electron chi connectivity index (χ3n) is 8.37. The summed E-state index contributed by atoms with van der Waals surface area (Å²) in [7, 11) is 0. The van der Waals surface area contributed by atoms with E-state index in [1.165, 1.54) is 48.9 Å². The van der Waals surface area contributed by atoms with Crippen molar-refractivity contribution in [3.8, 4) is 16.8 Å². The minimum absolute atomic E-state index is 0.917. The fraction of sp³-hybridized carbons (Fsp3) is 0. The number of fused-ring (bicyclic) bond motifs is 10. The molecule has 0 aliphatic carbocycles. The van der Waals surface area contributed by atoms with E-state index < -0.39 is 0 Å². The maximum Gasteiger partial charge on any atom is 0.143 e. The summed E-state index contributed by atoms with van der Waals surface area (Å²) in [4.78, 5) is 0. The van der Waals surface area contributed by atoms with Crippen LogP contribution in [0.5, 0.6) is 0 Å². The Morgan fingerprint density at radius 2 is 1.10 bits per heavy atom. The molecule has 2 heterocycles. The molecule has 2 heteroatoms. The average molecular weight is 510 g/mol. The summed E-state index contributed by atoms with van der Waals surface area (Å²) >= 11 is 0. The Morgan fingerprint density at radius 1 is 0.425 bits per heavy atom. The molecule has 40 heavy (non-hydrogen) atoms. The predicted octanol–water partition coefficient (Wildman–Crippen LogP) is 10.7. The zero-order chi connectivity index (χ0) is 26.2. The number of nitrogens with zero attached hydrogens (tertiary/aromatic N) is 1. The number of para-hydroxylation sites is 3. The standard InChI is InChI=1S/C38H23NO/c1-2-12-25(13-3-1)39-33-22-21-24-11-4-5-14-26(24)36(33)37-29-17-7-6-15-27(29)32(23-34(37)39)31-19-10-18-30-28-16-8-9-20-35(28)40-38(30)31/h1-23H. The van der Waals surface area contributed by atoms with Crippen LogP contribution in [-0.2, 0) is 0 Å². The summed E-state index contributed by atoms with van der Waals surface area (Å²) < 4.78 is 8.95. The van der Waals surface area contributed by atoms with E-state index in [1.807, 2.05) is 6.07 Å². The highest BCUT2D eigenvalue weighted by molar-refractivity contribution is 6.30. The Hall–Kier alpha value is -5.34. The topological polar surface area (TPSA) is 18.1 Å². The molecule has 2 aromatic heterocycles. The van der Waals surface area contributed by atoms with Crippen molar-refractivity contribution < 1.29 is 4.42 Å². The van der Waals surface area contributed by atoms with Gasteiger partial charge in [-0.15, -0.1) is 0 Å². The number of rotatable bonds is 2. The molecule has 0 saturated carbocycles. The second-order valence-electron chi connectivity index (χ2n) is 10.5. The van der Waals surface area contributed by atoms with E-state index in [2.05, 4.69) is 138 Å². The van der Waals surface area contributed by atoms with Crippen LogP contribution >= 0.6 is 0 Å². The van der Waals surface area contributed by atoms with E-state index in [4.69, 9.17) is 4.42 Å². The van der Waals surface area contributed by atoms with Crippen molar-refractivity contribution in [3.05, 3.63) is 140 Å². The van der Waals surface area contributed by atoms with E-state index in [0.717, 1.165) is 33.2 Å². The van der Waals surface area contributed by atoms with Gasteiger partial charge in [-0.1, -0.05) is 109 Å². The van der Waals surface area contributed by atoms with Gasteiger partial charge in [0.15, 0.2) is 0 Å². The number of aromatic nitrogens is 1. The SMILES string of the molecule is c1ccc(-n2c3ccc4ccccc4c3c3c4ccccc4c(-c4cccc5c4oc4ccccc45)cc32)cc1. The molecular formula is C38H23NO. The fourth-order valence-electron chi connectivity index (χ4n) is 6.68. The van der Waals surface area contributed by atoms with E-state index in [1.54, 1.807) is 0 Å². The highest BCUT2D eigenvalue weighted by Crippen LogP contribution is 2.45. The average Bonchev–Trinajstić information content (AvgIpc) is 3.57. The van der Waals surface area contributed by atoms with Gasteiger partial charge in [-0.2, -0.15) is 0 Å². The lowest BCUT2D eigenvalue weighted by molar-refractivity contribution is 0.670. The van der Waals surface area contributed by atoms with Crippen molar-refractivity contribution in [3.63, 3.8) is 0 Å². The van der Waals surface area contributed by atoms with Gasteiger partial charge >= 0.3 is 0 Å². The Morgan fingerprint density at radius 3 is 1.98 bits per heavy atom. The first-order valence-corrected chi connectivity index (χ1v) is 13.7. The fourth-order valence-corrected chi connectivity index (χ4v) is 6.68. The normalized spacial score (nSPS) is 12.0. The third-order valence-corrected chi connectivity index (χ3v) is 8.37. The molecule has 0 fully saturated rings. The van der Waals surface area contributed by atoms with Crippen LogP contribution in [0.1, 0.15) is 0 Å². The van der Waals surface area contributed by atoms with E-state index >= 15 is 0 Å². The van der Waals surface area contributed by atoms with Crippen molar-refractivity contribution >= 4 is 65.3 Å². The van der Waals surface area contributed by atoms with Crippen LogP contribution < -0.4 is 0 Å². The quantitative estimate of drug-likeness (QED) is 0.227. The van der Waals surface area contributed by atoms with Crippen LogP contribution in [0.4, 0.5) is 0 Å². The minimum atomic E-state index is 0.917. The molecular weight excluding hydrogens is 486 g/mol. The van der Waals surface area contributed by atoms with Gasteiger partial charge in [0.25, 0.3) is 0 Å². The van der Waals surface area contributed by atoms with Crippen LogP contribution in [0.15, 0.2) is 144 Å². The van der Waals surface area contributed by atoms with Gasteiger partial charge < -0.3 is 8.98 Å². The molecule has 0 aliphatic rings. The molecule has 0 spiro atoms. The van der Waals surface area contributed by atoms with Crippen LogP contribution in [0.2, 0.25) is 0 Å². The molecule has 0 amide bonds.